The Morgan fingerprint density at radius 1 is 0.958 bits per heavy atom. The molecule has 1 aliphatic rings. The minimum Gasteiger partial charge on any atom is -0.360 e. The smallest absolute Gasteiger partial charge is 0.250 e. The van der Waals surface area contributed by atoms with Crippen molar-refractivity contribution in [1.29, 1.82) is 0 Å². The first kappa shape index (κ1) is 14.8. The first-order valence-electron chi connectivity index (χ1n) is 7.74. The Hall–Kier alpha value is -2.74. The summed E-state index contributed by atoms with van der Waals surface area (Å²) in [5, 5.41) is 13.3. The number of thiophene rings is 1. The number of aldehydes is 1. The Labute approximate surface area is 143 Å². The lowest BCUT2D eigenvalue weighted by molar-refractivity contribution is 0.112. The van der Waals surface area contributed by atoms with Crippen LogP contribution < -0.4 is 9.80 Å². The van der Waals surface area contributed by atoms with Crippen molar-refractivity contribution in [3.63, 3.8) is 0 Å². The zero-order valence-corrected chi connectivity index (χ0v) is 13.8. The Bertz CT molecular complexity index is 822. The number of para-hydroxylation sites is 1. The number of hydrogen-bond acceptors (Lipinski definition) is 7. The Morgan fingerprint density at radius 3 is 2.42 bits per heavy atom. The highest BCUT2D eigenvalue weighted by Crippen LogP contribution is 2.27. The van der Waals surface area contributed by atoms with Gasteiger partial charge in [-0.05, 0) is 34.7 Å². The molecule has 0 spiro atoms. The fraction of sp³-hybridized carbons (Fsp3) is 0.250. The van der Waals surface area contributed by atoms with Gasteiger partial charge in [0.15, 0.2) is 6.29 Å². The zero-order valence-electron chi connectivity index (χ0n) is 12.9. The zero-order chi connectivity index (χ0) is 16.4. The molecule has 24 heavy (non-hydrogen) atoms. The van der Waals surface area contributed by atoms with Crippen molar-refractivity contribution in [2.24, 2.45) is 0 Å². The summed E-state index contributed by atoms with van der Waals surface area (Å²) < 4.78 is 1.77. The maximum atomic E-state index is 10.8. The Balaban J connectivity index is 1.49. The van der Waals surface area contributed by atoms with Gasteiger partial charge >= 0.3 is 0 Å². The number of carbonyl (C=O) groups is 1. The number of carbonyl (C=O) groups excluding carboxylic acids is 1. The third-order valence-corrected chi connectivity index (χ3v) is 5.13. The molecule has 1 saturated heterocycles. The van der Waals surface area contributed by atoms with Gasteiger partial charge in [-0.3, -0.25) is 4.79 Å². The van der Waals surface area contributed by atoms with Crippen LogP contribution in [0.15, 0.2) is 42.5 Å². The molecule has 1 aliphatic heterocycles. The van der Waals surface area contributed by atoms with E-state index in [4.69, 9.17) is 0 Å². The van der Waals surface area contributed by atoms with Crippen molar-refractivity contribution in [3.8, 4) is 5.69 Å². The molecular formula is C16H16N6OS. The van der Waals surface area contributed by atoms with Gasteiger partial charge < -0.3 is 9.80 Å². The summed E-state index contributed by atoms with van der Waals surface area (Å²) in [6, 6.07) is 13.8. The molecule has 3 aromatic rings. The standard InChI is InChI=1S/C16H16N6OS/c23-12-14-6-7-15(24-14)20-8-10-21(11-9-20)16-17-18-19-22(16)13-4-2-1-3-5-13/h1-7,12H,8-11H2. The molecule has 4 rings (SSSR count). The predicted octanol–water partition coefficient (Wildman–Crippen LogP) is 1.86. The van der Waals surface area contributed by atoms with E-state index < -0.39 is 0 Å². The van der Waals surface area contributed by atoms with Crippen molar-refractivity contribution < 1.29 is 4.79 Å². The molecule has 1 fully saturated rings. The van der Waals surface area contributed by atoms with Crippen LogP contribution in [-0.2, 0) is 0 Å². The summed E-state index contributed by atoms with van der Waals surface area (Å²) >= 11 is 1.53. The normalized spacial score (nSPS) is 14.8. The lowest BCUT2D eigenvalue weighted by Crippen LogP contribution is -2.47. The molecular weight excluding hydrogens is 324 g/mol. The van der Waals surface area contributed by atoms with Gasteiger partial charge in [0.25, 0.3) is 0 Å². The van der Waals surface area contributed by atoms with E-state index in [0.29, 0.717) is 0 Å². The highest BCUT2D eigenvalue weighted by molar-refractivity contribution is 7.17. The van der Waals surface area contributed by atoms with Crippen LogP contribution in [0.4, 0.5) is 10.9 Å². The highest BCUT2D eigenvalue weighted by atomic mass is 32.1. The van der Waals surface area contributed by atoms with Gasteiger partial charge in [0, 0.05) is 26.2 Å². The molecule has 8 heteroatoms. The largest absolute Gasteiger partial charge is 0.360 e. The van der Waals surface area contributed by atoms with Crippen LogP contribution in [0.1, 0.15) is 9.67 Å². The lowest BCUT2D eigenvalue weighted by atomic mass is 10.3. The summed E-state index contributed by atoms with van der Waals surface area (Å²) in [5.74, 6) is 0.764. The summed E-state index contributed by atoms with van der Waals surface area (Å²) in [7, 11) is 0. The number of piperazine rings is 1. The van der Waals surface area contributed by atoms with Gasteiger partial charge in [-0.15, -0.1) is 11.3 Å². The quantitative estimate of drug-likeness (QED) is 0.676. The molecule has 0 atom stereocenters. The predicted molar refractivity (Wildman–Crippen MR) is 93.3 cm³/mol. The molecule has 2 aromatic heterocycles. The van der Waals surface area contributed by atoms with E-state index in [1.807, 2.05) is 42.5 Å². The second-order valence-corrected chi connectivity index (χ2v) is 6.59. The topological polar surface area (TPSA) is 67.2 Å². The van der Waals surface area contributed by atoms with Gasteiger partial charge in [0.1, 0.15) is 0 Å². The number of nitrogens with zero attached hydrogens (tertiary/aromatic N) is 6. The second-order valence-electron chi connectivity index (χ2n) is 5.49. The maximum Gasteiger partial charge on any atom is 0.250 e. The Morgan fingerprint density at radius 2 is 1.71 bits per heavy atom. The number of anilines is 2. The molecule has 0 saturated carbocycles. The van der Waals surface area contributed by atoms with Crippen LogP contribution in [0.3, 0.4) is 0 Å². The summed E-state index contributed by atoms with van der Waals surface area (Å²) in [6.45, 7) is 3.42. The average Bonchev–Trinajstić information content (AvgIpc) is 3.32. The number of rotatable bonds is 4. The summed E-state index contributed by atoms with van der Waals surface area (Å²) in [6.07, 6.45) is 0.901. The molecule has 0 N–H and O–H groups in total. The van der Waals surface area contributed by atoms with Crippen molar-refractivity contribution in [1.82, 2.24) is 20.2 Å². The molecule has 0 aliphatic carbocycles. The van der Waals surface area contributed by atoms with Crippen molar-refractivity contribution in [2.45, 2.75) is 0 Å². The average molecular weight is 340 g/mol. The van der Waals surface area contributed by atoms with E-state index >= 15 is 0 Å². The van der Waals surface area contributed by atoms with Crippen molar-refractivity contribution in [2.75, 3.05) is 36.0 Å². The van der Waals surface area contributed by atoms with Crippen LogP contribution in [-0.4, -0.2) is 52.7 Å². The van der Waals surface area contributed by atoms with Crippen LogP contribution in [0, 0.1) is 0 Å². The number of hydrogen-bond donors (Lipinski definition) is 0. The van der Waals surface area contributed by atoms with E-state index in [0.717, 1.165) is 54.0 Å². The summed E-state index contributed by atoms with van der Waals surface area (Å²) in [5.41, 5.74) is 0.953. The van der Waals surface area contributed by atoms with Crippen LogP contribution in [0.2, 0.25) is 0 Å². The van der Waals surface area contributed by atoms with E-state index in [1.54, 1.807) is 4.68 Å². The van der Waals surface area contributed by atoms with E-state index in [1.165, 1.54) is 11.3 Å². The molecule has 0 radical (unpaired) electrons. The van der Waals surface area contributed by atoms with Gasteiger partial charge in [0.05, 0.1) is 15.6 Å². The van der Waals surface area contributed by atoms with Crippen LogP contribution in [0.25, 0.3) is 5.69 Å². The number of aromatic nitrogens is 4. The van der Waals surface area contributed by atoms with Gasteiger partial charge in [-0.25, -0.2) is 0 Å². The maximum absolute atomic E-state index is 10.8. The first-order chi connectivity index (χ1) is 11.8. The highest BCUT2D eigenvalue weighted by Gasteiger charge is 2.23. The monoisotopic (exact) mass is 340 g/mol. The Kier molecular flexibility index (Phi) is 3.96. The van der Waals surface area contributed by atoms with E-state index in [-0.39, 0.29) is 0 Å². The van der Waals surface area contributed by atoms with Crippen molar-refractivity contribution >= 4 is 28.6 Å². The van der Waals surface area contributed by atoms with Crippen molar-refractivity contribution in [3.05, 3.63) is 47.3 Å². The first-order valence-corrected chi connectivity index (χ1v) is 8.55. The van der Waals surface area contributed by atoms with Gasteiger partial charge in [-0.1, -0.05) is 23.3 Å². The van der Waals surface area contributed by atoms with Gasteiger partial charge in [-0.2, -0.15) is 4.68 Å². The lowest BCUT2D eigenvalue weighted by Gasteiger charge is -2.35. The summed E-state index contributed by atoms with van der Waals surface area (Å²) in [4.78, 5) is 16.1. The SMILES string of the molecule is O=Cc1ccc(N2CCN(c3nnnn3-c3ccccc3)CC2)s1. The molecule has 0 amide bonds. The molecule has 122 valence electrons. The number of tetrazole rings is 1. The van der Waals surface area contributed by atoms with E-state index in [9.17, 15) is 4.79 Å². The van der Waals surface area contributed by atoms with Crippen LogP contribution >= 0.6 is 11.3 Å². The molecule has 7 nitrogen and oxygen atoms in total. The second kappa shape index (κ2) is 6.40. The molecule has 1 aromatic carbocycles. The fourth-order valence-corrected chi connectivity index (χ4v) is 3.69. The minimum absolute atomic E-state index is 0.764. The molecule has 0 bridgehead atoms. The van der Waals surface area contributed by atoms with Crippen LogP contribution in [0.5, 0.6) is 0 Å². The number of benzene rings is 1. The third-order valence-electron chi connectivity index (χ3n) is 4.06. The molecule has 0 unspecified atom stereocenters. The van der Waals surface area contributed by atoms with Gasteiger partial charge in [0.2, 0.25) is 5.95 Å². The third kappa shape index (κ3) is 2.76. The van der Waals surface area contributed by atoms with E-state index in [2.05, 4.69) is 25.3 Å². The fourth-order valence-electron chi connectivity index (χ4n) is 2.82. The molecule has 3 heterocycles. The minimum atomic E-state index is 0.764.